The number of carbonyl (C=O) groups is 1. The molecule has 0 aliphatic heterocycles. The highest BCUT2D eigenvalue weighted by atomic mass is 16.6. The molecule has 0 aliphatic carbocycles. The van der Waals surface area contributed by atoms with E-state index in [4.69, 9.17) is 9.26 Å². The van der Waals surface area contributed by atoms with Gasteiger partial charge in [-0.15, -0.1) is 0 Å². The Labute approximate surface area is 126 Å². The van der Waals surface area contributed by atoms with Gasteiger partial charge in [-0.3, -0.25) is 9.84 Å². The number of hydrogen-bond acceptors (Lipinski definition) is 4. The van der Waals surface area contributed by atoms with Gasteiger partial charge < -0.3 is 4.74 Å². The molecule has 0 fully saturated rings. The van der Waals surface area contributed by atoms with Crippen LogP contribution in [-0.4, -0.2) is 11.4 Å². The van der Waals surface area contributed by atoms with Crippen molar-refractivity contribution in [3.8, 4) is 11.4 Å². The molecule has 0 atom stereocenters. The Balaban J connectivity index is 1.65. The lowest BCUT2D eigenvalue weighted by atomic mass is 10.2. The predicted octanol–water partition coefficient (Wildman–Crippen LogP) is 2.87. The van der Waals surface area contributed by atoms with Crippen molar-refractivity contribution in [1.29, 1.82) is 0 Å². The third-order valence-corrected chi connectivity index (χ3v) is 2.94. The summed E-state index contributed by atoms with van der Waals surface area (Å²) in [5.41, 5.74) is 1.91. The summed E-state index contributed by atoms with van der Waals surface area (Å²) in [6.45, 7) is 1.96. The minimum absolute atomic E-state index is 0.195. The molecule has 1 heterocycles. The van der Waals surface area contributed by atoms with Crippen LogP contribution in [0.1, 0.15) is 5.56 Å². The van der Waals surface area contributed by atoms with Crippen LogP contribution in [0.4, 0.5) is 10.7 Å². The molecule has 0 spiro atoms. The lowest BCUT2D eigenvalue weighted by Crippen LogP contribution is -2.31. The number of anilines is 1. The first-order valence-corrected chi connectivity index (χ1v) is 6.70. The van der Waals surface area contributed by atoms with Crippen LogP contribution in [0.5, 0.6) is 5.75 Å². The summed E-state index contributed by atoms with van der Waals surface area (Å²) in [4.78, 5) is 11.8. The molecule has 22 heavy (non-hydrogen) atoms. The quantitative estimate of drug-likeness (QED) is 0.755. The van der Waals surface area contributed by atoms with Crippen LogP contribution in [-0.2, 0) is 0 Å². The molecular weight excluding hydrogens is 282 g/mol. The number of nitrogens with zero attached hydrogens (tertiary/aromatic N) is 2. The zero-order valence-electron chi connectivity index (χ0n) is 11.9. The van der Waals surface area contributed by atoms with Gasteiger partial charge in [0.25, 0.3) is 6.20 Å². The molecule has 6 nitrogen and oxygen atoms in total. The van der Waals surface area contributed by atoms with Crippen molar-refractivity contribution < 1.29 is 18.7 Å². The third kappa shape index (κ3) is 3.29. The smallest absolute Gasteiger partial charge is 0.410 e. The van der Waals surface area contributed by atoms with Gasteiger partial charge in [0, 0.05) is 12.1 Å². The van der Waals surface area contributed by atoms with Gasteiger partial charge in [0.05, 0.1) is 0 Å². The van der Waals surface area contributed by atoms with Gasteiger partial charge in [-0.05, 0) is 23.7 Å². The van der Waals surface area contributed by atoms with E-state index >= 15 is 0 Å². The SMILES string of the molecule is Cc1ccc(OC(=O)Nc2c[n+](-c3ccccc3)no2)cc1. The molecule has 1 aromatic heterocycles. The van der Waals surface area contributed by atoms with Gasteiger partial charge in [0.2, 0.25) is 11.0 Å². The number of para-hydroxylation sites is 1. The topological polar surface area (TPSA) is 68.2 Å². The van der Waals surface area contributed by atoms with Crippen molar-refractivity contribution in [2.24, 2.45) is 0 Å². The highest BCUT2D eigenvalue weighted by molar-refractivity contribution is 5.84. The Morgan fingerprint density at radius 3 is 2.59 bits per heavy atom. The van der Waals surface area contributed by atoms with Crippen LogP contribution in [0.3, 0.4) is 0 Å². The van der Waals surface area contributed by atoms with Crippen LogP contribution in [0, 0.1) is 6.92 Å². The second kappa shape index (κ2) is 6.09. The molecule has 0 saturated heterocycles. The predicted molar refractivity (Wildman–Crippen MR) is 78.9 cm³/mol. The average molecular weight is 296 g/mol. The van der Waals surface area contributed by atoms with Crippen molar-refractivity contribution in [1.82, 2.24) is 5.27 Å². The summed E-state index contributed by atoms with van der Waals surface area (Å²) in [5.74, 6) is 0.652. The standard InChI is InChI=1S/C16H13N3O3/c1-12-7-9-14(10-8-12)21-16(20)17-15-11-19(18-22-15)13-5-3-2-4-6-13/h2-11H,1H3/p+1. The summed E-state index contributed by atoms with van der Waals surface area (Å²) in [5, 5.41) is 6.31. The fourth-order valence-electron chi connectivity index (χ4n) is 1.84. The molecule has 3 aromatic rings. The zero-order chi connectivity index (χ0) is 15.4. The summed E-state index contributed by atoms with van der Waals surface area (Å²) in [6, 6.07) is 16.6. The Hall–Kier alpha value is -3.15. The molecule has 0 saturated carbocycles. The normalized spacial score (nSPS) is 10.2. The van der Waals surface area contributed by atoms with E-state index in [0.717, 1.165) is 11.3 Å². The van der Waals surface area contributed by atoms with Crippen molar-refractivity contribution in [3.05, 3.63) is 66.4 Å². The minimum Gasteiger partial charge on any atom is -0.410 e. The lowest BCUT2D eigenvalue weighted by molar-refractivity contribution is -0.670. The largest absolute Gasteiger partial charge is 0.419 e. The molecule has 0 unspecified atom stereocenters. The molecule has 2 aromatic carbocycles. The Bertz CT molecular complexity index is 767. The van der Waals surface area contributed by atoms with Gasteiger partial charge in [0.1, 0.15) is 5.75 Å². The maximum Gasteiger partial charge on any atom is 0.419 e. The first-order chi connectivity index (χ1) is 10.7. The van der Waals surface area contributed by atoms with Crippen molar-refractivity contribution in [2.45, 2.75) is 6.92 Å². The molecule has 0 radical (unpaired) electrons. The van der Waals surface area contributed by atoms with E-state index in [9.17, 15) is 4.79 Å². The Morgan fingerprint density at radius 2 is 1.86 bits per heavy atom. The Morgan fingerprint density at radius 1 is 1.14 bits per heavy atom. The van der Waals surface area contributed by atoms with E-state index in [-0.39, 0.29) is 5.88 Å². The van der Waals surface area contributed by atoms with Crippen LogP contribution in [0.2, 0.25) is 0 Å². The second-order valence-electron chi connectivity index (χ2n) is 4.67. The Kier molecular flexibility index (Phi) is 3.82. The number of aromatic nitrogens is 2. The molecule has 3 rings (SSSR count). The van der Waals surface area contributed by atoms with Crippen LogP contribution >= 0.6 is 0 Å². The third-order valence-electron chi connectivity index (χ3n) is 2.94. The molecule has 0 aliphatic rings. The fourth-order valence-corrected chi connectivity index (χ4v) is 1.84. The van der Waals surface area contributed by atoms with Crippen molar-refractivity contribution >= 4 is 12.0 Å². The van der Waals surface area contributed by atoms with Crippen LogP contribution in [0.25, 0.3) is 5.69 Å². The van der Waals surface area contributed by atoms with Gasteiger partial charge in [-0.1, -0.05) is 35.9 Å². The lowest BCUT2D eigenvalue weighted by Gasteiger charge is -2.03. The van der Waals surface area contributed by atoms with E-state index in [1.165, 1.54) is 4.68 Å². The van der Waals surface area contributed by atoms with Crippen LogP contribution < -0.4 is 14.7 Å². The van der Waals surface area contributed by atoms with E-state index in [2.05, 4.69) is 10.6 Å². The van der Waals surface area contributed by atoms with E-state index in [1.807, 2.05) is 49.4 Å². The summed E-state index contributed by atoms with van der Waals surface area (Å²) >= 11 is 0. The first-order valence-electron chi connectivity index (χ1n) is 6.70. The van der Waals surface area contributed by atoms with Crippen molar-refractivity contribution in [3.63, 3.8) is 0 Å². The molecule has 0 bridgehead atoms. The number of aryl methyl sites for hydroxylation is 1. The van der Waals surface area contributed by atoms with Crippen molar-refractivity contribution in [2.75, 3.05) is 5.32 Å². The van der Waals surface area contributed by atoms with Gasteiger partial charge in [-0.2, -0.15) is 0 Å². The number of nitrogens with one attached hydrogen (secondary N) is 1. The maximum absolute atomic E-state index is 11.8. The monoisotopic (exact) mass is 296 g/mol. The number of carbonyl (C=O) groups excluding carboxylic acids is 1. The summed E-state index contributed by atoms with van der Waals surface area (Å²) in [7, 11) is 0. The molecule has 110 valence electrons. The summed E-state index contributed by atoms with van der Waals surface area (Å²) < 4.78 is 11.7. The fraction of sp³-hybridized carbons (Fsp3) is 0.0625. The molecular formula is C16H14N3O3+. The average Bonchev–Trinajstić information content (AvgIpc) is 2.99. The van der Waals surface area contributed by atoms with E-state index in [0.29, 0.717) is 5.75 Å². The summed E-state index contributed by atoms with van der Waals surface area (Å²) in [6.07, 6.45) is 0.923. The second-order valence-corrected chi connectivity index (χ2v) is 4.67. The number of amides is 1. The number of ether oxygens (including phenoxy) is 1. The molecule has 1 amide bonds. The minimum atomic E-state index is -0.639. The van der Waals surface area contributed by atoms with Gasteiger partial charge >= 0.3 is 12.0 Å². The van der Waals surface area contributed by atoms with Crippen LogP contribution in [0.15, 0.2) is 65.3 Å². The maximum atomic E-state index is 11.8. The first kappa shape index (κ1) is 13.8. The number of benzene rings is 2. The van der Waals surface area contributed by atoms with E-state index < -0.39 is 6.09 Å². The number of rotatable bonds is 3. The molecule has 1 N–H and O–H groups in total. The zero-order valence-corrected chi connectivity index (χ0v) is 11.9. The van der Waals surface area contributed by atoms with Gasteiger partial charge in [-0.25, -0.2) is 4.79 Å². The van der Waals surface area contributed by atoms with E-state index in [1.54, 1.807) is 18.3 Å². The highest BCUT2D eigenvalue weighted by Crippen LogP contribution is 2.12. The highest BCUT2D eigenvalue weighted by Gasteiger charge is 2.17. The molecule has 6 heteroatoms. The number of hydrogen-bond donors (Lipinski definition) is 1. The van der Waals surface area contributed by atoms with Gasteiger partial charge in [0.15, 0.2) is 0 Å².